The van der Waals surface area contributed by atoms with Crippen LogP contribution in [0.15, 0.2) is 51.4 Å². The number of hydrazone groups is 1. The summed E-state index contributed by atoms with van der Waals surface area (Å²) in [6.07, 6.45) is 0.311. The molecule has 1 amide bonds. The average molecular weight is 365 g/mol. The number of hydrogen-bond acceptors (Lipinski definition) is 4. The van der Waals surface area contributed by atoms with Crippen molar-refractivity contribution < 1.29 is 9.90 Å². The molecule has 108 valence electrons. The normalized spacial score (nSPS) is 21.5. The van der Waals surface area contributed by atoms with Crippen LogP contribution in [0, 0.1) is 0 Å². The van der Waals surface area contributed by atoms with Gasteiger partial charge in [-0.05, 0) is 30.5 Å². The van der Waals surface area contributed by atoms with Crippen LogP contribution in [-0.4, -0.2) is 21.7 Å². The lowest BCUT2D eigenvalue weighted by Gasteiger charge is -2.31. The topological polar surface area (TPSA) is 52.9 Å². The predicted molar refractivity (Wildman–Crippen MR) is 86.3 cm³/mol. The lowest BCUT2D eigenvalue weighted by Crippen LogP contribution is -2.43. The van der Waals surface area contributed by atoms with Gasteiger partial charge in [0.15, 0.2) is 5.72 Å². The maximum Gasteiger partial charge on any atom is 0.286 e. The van der Waals surface area contributed by atoms with E-state index in [0.717, 1.165) is 10.2 Å². The number of hydrogen-bond donors (Lipinski definition) is 1. The standard InChI is InChI=1S/C15H13BrN2O2S/c1-10-9-15(20,11-4-6-12(16)7-5-11)18(17-10)14(19)13-3-2-8-21-13/h2-8,20H,9H2,1H3/t15-/m1/s1. The summed E-state index contributed by atoms with van der Waals surface area (Å²) in [6, 6.07) is 10.8. The Morgan fingerprint density at radius 1 is 1.38 bits per heavy atom. The van der Waals surface area contributed by atoms with E-state index in [4.69, 9.17) is 0 Å². The fourth-order valence-electron chi connectivity index (χ4n) is 2.38. The Hall–Kier alpha value is -1.50. The highest BCUT2D eigenvalue weighted by Crippen LogP contribution is 2.37. The molecule has 1 aromatic carbocycles. The van der Waals surface area contributed by atoms with Gasteiger partial charge in [0.25, 0.3) is 5.91 Å². The first-order chi connectivity index (χ1) is 10.0. The second-order valence-corrected chi connectivity index (χ2v) is 6.79. The van der Waals surface area contributed by atoms with Crippen LogP contribution in [0.1, 0.15) is 28.6 Å². The van der Waals surface area contributed by atoms with Crippen LogP contribution in [0.2, 0.25) is 0 Å². The van der Waals surface area contributed by atoms with Gasteiger partial charge in [0.1, 0.15) is 0 Å². The van der Waals surface area contributed by atoms with Crippen LogP contribution in [0.3, 0.4) is 0 Å². The Morgan fingerprint density at radius 2 is 2.10 bits per heavy atom. The summed E-state index contributed by atoms with van der Waals surface area (Å²) < 4.78 is 0.918. The number of carbonyl (C=O) groups is 1. The first-order valence-electron chi connectivity index (χ1n) is 6.41. The molecule has 3 rings (SSSR count). The third kappa shape index (κ3) is 2.54. The summed E-state index contributed by atoms with van der Waals surface area (Å²) in [5.74, 6) is -0.285. The minimum absolute atomic E-state index is 0.285. The molecule has 21 heavy (non-hydrogen) atoms. The van der Waals surface area contributed by atoms with E-state index in [2.05, 4.69) is 21.0 Å². The van der Waals surface area contributed by atoms with Crippen LogP contribution >= 0.6 is 27.3 Å². The molecule has 1 N–H and O–H groups in total. The highest BCUT2D eigenvalue weighted by Gasteiger charge is 2.45. The largest absolute Gasteiger partial charge is 0.365 e. The molecule has 1 aromatic heterocycles. The number of carbonyl (C=O) groups excluding carboxylic acids is 1. The van der Waals surface area contributed by atoms with E-state index in [1.54, 1.807) is 18.2 Å². The van der Waals surface area contributed by atoms with Crippen molar-refractivity contribution in [3.8, 4) is 0 Å². The molecular weight excluding hydrogens is 352 g/mol. The van der Waals surface area contributed by atoms with Gasteiger partial charge in [0, 0.05) is 22.2 Å². The lowest BCUT2D eigenvalue weighted by atomic mass is 9.97. The zero-order chi connectivity index (χ0) is 15.0. The average Bonchev–Trinajstić information content (AvgIpc) is 3.07. The molecule has 1 atom stereocenters. The summed E-state index contributed by atoms with van der Waals surface area (Å²) in [6.45, 7) is 1.81. The Labute approximate surface area is 134 Å². The molecule has 4 nitrogen and oxygen atoms in total. The maximum atomic E-state index is 12.6. The molecule has 0 fully saturated rings. The second-order valence-electron chi connectivity index (χ2n) is 4.93. The molecule has 0 aliphatic carbocycles. The van der Waals surface area contributed by atoms with Crippen LogP contribution in [0.4, 0.5) is 0 Å². The molecule has 1 aliphatic heterocycles. The zero-order valence-corrected chi connectivity index (χ0v) is 13.7. The fraction of sp³-hybridized carbons (Fsp3) is 0.200. The molecule has 0 saturated carbocycles. The number of aliphatic hydroxyl groups is 1. The molecule has 1 aliphatic rings. The number of rotatable bonds is 2. The summed E-state index contributed by atoms with van der Waals surface area (Å²) >= 11 is 4.71. The Bertz CT molecular complexity index is 697. The quantitative estimate of drug-likeness (QED) is 0.885. The first-order valence-corrected chi connectivity index (χ1v) is 8.08. The predicted octanol–water partition coefficient (Wildman–Crippen LogP) is 3.58. The Morgan fingerprint density at radius 3 is 2.71 bits per heavy atom. The first kappa shape index (κ1) is 14.4. The molecule has 0 radical (unpaired) electrons. The van der Waals surface area contributed by atoms with Gasteiger partial charge in [-0.3, -0.25) is 4.79 Å². The maximum absolute atomic E-state index is 12.6. The van der Waals surface area contributed by atoms with Crippen molar-refractivity contribution in [3.63, 3.8) is 0 Å². The lowest BCUT2D eigenvalue weighted by molar-refractivity contribution is -0.0763. The van der Waals surface area contributed by atoms with Crippen LogP contribution in [0.5, 0.6) is 0 Å². The van der Waals surface area contributed by atoms with E-state index in [0.29, 0.717) is 16.9 Å². The van der Waals surface area contributed by atoms with Gasteiger partial charge in [-0.15, -0.1) is 11.3 Å². The van der Waals surface area contributed by atoms with Crippen molar-refractivity contribution in [2.75, 3.05) is 0 Å². The summed E-state index contributed by atoms with van der Waals surface area (Å²) in [5, 5.41) is 18.3. The Balaban J connectivity index is 2.01. The van der Waals surface area contributed by atoms with Gasteiger partial charge in [-0.2, -0.15) is 10.1 Å². The van der Waals surface area contributed by atoms with E-state index in [-0.39, 0.29) is 5.91 Å². The van der Waals surface area contributed by atoms with Gasteiger partial charge in [-0.25, -0.2) is 0 Å². The number of benzene rings is 1. The monoisotopic (exact) mass is 364 g/mol. The van der Waals surface area contributed by atoms with E-state index in [1.807, 2.05) is 30.5 Å². The molecule has 0 bridgehead atoms. The van der Waals surface area contributed by atoms with Crippen molar-refractivity contribution in [1.82, 2.24) is 5.01 Å². The van der Waals surface area contributed by atoms with Crippen molar-refractivity contribution in [2.45, 2.75) is 19.1 Å². The second kappa shape index (κ2) is 5.36. The molecule has 2 heterocycles. The smallest absolute Gasteiger partial charge is 0.286 e. The Kier molecular flexibility index (Phi) is 3.69. The third-order valence-corrected chi connectivity index (χ3v) is 4.74. The molecule has 0 spiro atoms. The van der Waals surface area contributed by atoms with Gasteiger partial charge < -0.3 is 5.11 Å². The highest BCUT2D eigenvalue weighted by atomic mass is 79.9. The van der Waals surface area contributed by atoms with E-state index in [1.165, 1.54) is 16.3 Å². The van der Waals surface area contributed by atoms with E-state index < -0.39 is 5.72 Å². The number of amides is 1. The number of thiophene rings is 1. The van der Waals surface area contributed by atoms with Crippen molar-refractivity contribution in [1.29, 1.82) is 0 Å². The van der Waals surface area contributed by atoms with Gasteiger partial charge >= 0.3 is 0 Å². The van der Waals surface area contributed by atoms with Crippen molar-refractivity contribution >= 4 is 38.9 Å². The van der Waals surface area contributed by atoms with Crippen molar-refractivity contribution in [2.24, 2.45) is 5.10 Å². The van der Waals surface area contributed by atoms with Gasteiger partial charge in [0.2, 0.25) is 0 Å². The number of halogens is 1. The van der Waals surface area contributed by atoms with Gasteiger partial charge in [-0.1, -0.05) is 34.1 Å². The molecule has 2 aromatic rings. The third-order valence-electron chi connectivity index (χ3n) is 3.35. The van der Waals surface area contributed by atoms with E-state index in [9.17, 15) is 9.90 Å². The highest BCUT2D eigenvalue weighted by molar-refractivity contribution is 9.10. The van der Waals surface area contributed by atoms with Crippen molar-refractivity contribution in [3.05, 3.63) is 56.7 Å². The minimum atomic E-state index is -1.42. The van der Waals surface area contributed by atoms with Crippen LogP contribution in [0.25, 0.3) is 0 Å². The van der Waals surface area contributed by atoms with E-state index >= 15 is 0 Å². The minimum Gasteiger partial charge on any atom is -0.365 e. The SMILES string of the molecule is CC1=NN(C(=O)c2cccs2)[C@](O)(c2ccc(Br)cc2)C1. The molecule has 6 heteroatoms. The zero-order valence-electron chi connectivity index (χ0n) is 11.3. The molecular formula is C15H13BrN2O2S. The summed E-state index contributed by atoms with van der Waals surface area (Å²) in [5.41, 5.74) is -0.0483. The summed E-state index contributed by atoms with van der Waals surface area (Å²) in [4.78, 5) is 13.1. The van der Waals surface area contributed by atoms with Gasteiger partial charge in [0.05, 0.1) is 4.88 Å². The molecule has 0 saturated heterocycles. The number of nitrogens with zero attached hydrogens (tertiary/aromatic N) is 2. The van der Waals surface area contributed by atoms with Crippen LogP contribution in [-0.2, 0) is 5.72 Å². The van der Waals surface area contributed by atoms with Crippen LogP contribution < -0.4 is 0 Å². The summed E-state index contributed by atoms with van der Waals surface area (Å²) in [7, 11) is 0. The fourth-order valence-corrected chi connectivity index (χ4v) is 3.29. The molecule has 0 unspecified atom stereocenters.